The van der Waals surface area contributed by atoms with E-state index in [9.17, 15) is 4.79 Å². The molecule has 0 aromatic heterocycles. The van der Waals surface area contributed by atoms with Crippen molar-refractivity contribution in [3.8, 4) is 0 Å². The van der Waals surface area contributed by atoms with Gasteiger partial charge < -0.3 is 0 Å². The maximum absolute atomic E-state index is 9.74. The fourth-order valence-electron chi connectivity index (χ4n) is 1.05. The van der Waals surface area contributed by atoms with Crippen molar-refractivity contribution in [2.45, 2.75) is 45.4 Å². The Balaban J connectivity index is -0.000000605. The minimum atomic E-state index is 0. The summed E-state index contributed by atoms with van der Waals surface area (Å²) < 4.78 is 0. The standard InChI is InChI=1S/C9H19NO2.K.H/c1-2-3-4-5-6-7-8-12-10-9-11;;/h9H,2-8H2,1H3,(H,10,11);;/p+1. The van der Waals surface area contributed by atoms with E-state index >= 15 is 0 Å². The normalized spacial score (nSPS) is 9.00. The second-order valence-corrected chi connectivity index (χ2v) is 2.85. The molecule has 0 atom stereocenters. The van der Waals surface area contributed by atoms with Gasteiger partial charge in [0.1, 0.15) is 0 Å². The third-order valence-electron chi connectivity index (χ3n) is 1.73. The van der Waals surface area contributed by atoms with E-state index in [0.717, 1.165) is 6.42 Å². The van der Waals surface area contributed by atoms with Crippen LogP contribution in [-0.4, -0.2) is 64.4 Å². The molecule has 0 rings (SSSR count). The monoisotopic (exact) mass is 214 g/mol. The quantitative estimate of drug-likeness (QED) is 0.273. The number of carbonyl (C=O) groups excluding carboxylic acids is 1. The van der Waals surface area contributed by atoms with Crippen LogP contribution in [0.15, 0.2) is 0 Å². The number of rotatable bonds is 9. The third-order valence-corrected chi connectivity index (χ3v) is 1.73. The number of hydroxylamine groups is 1. The van der Waals surface area contributed by atoms with Crippen molar-refractivity contribution in [1.29, 1.82) is 0 Å². The second kappa shape index (κ2) is 15.5. The second-order valence-electron chi connectivity index (χ2n) is 2.85. The molecule has 0 heterocycles. The summed E-state index contributed by atoms with van der Waals surface area (Å²) in [5.74, 6) is 0. The maximum atomic E-state index is 9.74. The Bertz CT molecular complexity index is 107. The van der Waals surface area contributed by atoms with E-state index in [1.807, 2.05) is 0 Å². The Morgan fingerprint density at radius 3 is 2.46 bits per heavy atom. The van der Waals surface area contributed by atoms with Gasteiger partial charge in [0.15, 0.2) is 0 Å². The van der Waals surface area contributed by atoms with Crippen LogP contribution in [0.25, 0.3) is 0 Å². The summed E-state index contributed by atoms with van der Waals surface area (Å²) in [5, 5.41) is 0. The minimum absolute atomic E-state index is 0. The fraction of sp³-hybridized carbons (Fsp3) is 0.889. The molecule has 0 spiro atoms. The molecule has 13 heavy (non-hydrogen) atoms. The summed E-state index contributed by atoms with van der Waals surface area (Å²) in [7, 11) is 0. The van der Waals surface area contributed by atoms with E-state index in [0.29, 0.717) is 13.0 Å². The summed E-state index contributed by atoms with van der Waals surface area (Å²) in [6.07, 6.45) is 7.98. The van der Waals surface area contributed by atoms with E-state index in [1.165, 1.54) is 32.1 Å². The molecule has 74 valence electrons. The molecule has 0 saturated heterocycles. The third kappa shape index (κ3) is 15.8. The van der Waals surface area contributed by atoms with Crippen molar-refractivity contribution >= 4 is 57.8 Å². The number of nitrogens with one attached hydrogen (secondary N) is 1. The van der Waals surface area contributed by atoms with Crippen LogP contribution in [0.4, 0.5) is 0 Å². The first-order valence-electron chi connectivity index (χ1n) is 4.72. The summed E-state index contributed by atoms with van der Waals surface area (Å²) >= 11 is 0. The molecule has 1 amide bonds. The molecule has 0 aromatic carbocycles. The van der Waals surface area contributed by atoms with Crippen LogP contribution in [0.3, 0.4) is 0 Å². The van der Waals surface area contributed by atoms with E-state index in [1.54, 1.807) is 0 Å². The zero-order valence-electron chi connectivity index (χ0n) is 8.84. The molecule has 3 nitrogen and oxygen atoms in total. The zero-order valence-corrected chi connectivity index (χ0v) is 7.84. The molecular weight excluding hydrogens is 193 g/mol. The van der Waals surface area contributed by atoms with Gasteiger partial charge in [0.2, 0.25) is 6.41 Å². The van der Waals surface area contributed by atoms with E-state index < -0.39 is 0 Å². The average Bonchev–Trinajstić information content (AvgIpc) is 2.10. The van der Waals surface area contributed by atoms with Gasteiger partial charge in [-0.3, -0.25) is 9.63 Å². The van der Waals surface area contributed by atoms with Crippen LogP contribution in [0, 0.1) is 0 Å². The summed E-state index contributed by atoms with van der Waals surface area (Å²) in [6, 6.07) is 0. The van der Waals surface area contributed by atoms with Gasteiger partial charge in [-0.05, 0) is 6.42 Å². The molecule has 0 unspecified atom stereocenters. The first kappa shape index (κ1) is 16.5. The molecule has 1 N–H and O–H groups in total. The van der Waals surface area contributed by atoms with Gasteiger partial charge in [0.05, 0.1) is 6.61 Å². The van der Waals surface area contributed by atoms with E-state index in [-0.39, 0.29) is 52.8 Å². The van der Waals surface area contributed by atoms with Gasteiger partial charge in [-0.15, -0.1) is 0 Å². The van der Waals surface area contributed by atoms with Crippen molar-refractivity contribution < 1.29 is 11.1 Å². The van der Waals surface area contributed by atoms with Crippen LogP contribution in [-0.2, 0) is 9.63 Å². The van der Waals surface area contributed by atoms with Gasteiger partial charge >= 0.3 is 52.8 Å². The molecule has 0 bridgehead atoms. The zero-order chi connectivity index (χ0) is 9.07. The van der Waals surface area contributed by atoms with Crippen molar-refractivity contribution in [3.63, 3.8) is 0 Å². The number of hydrogen-bond donors (Lipinski definition) is 1. The van der Waals surface area contributed by atoms with Crippen molar-refractivity contribution in [2.75, 3.05) is 6.61 Å². The first-order chi connectivity index (χ1) is 5.91. The number of unbranched alkanes of at least 4 members (excludes halogenated alkanes) is 5. The number of amides is 1. The average molecular weight is 214 g/mol. The van der Waals surface area contributed by atoms with E-state index in [4.69, 9.17) is 4.84 Å². The number of carbonyl (C=O) groups is 1. The summed E-state index contributed by atoms with van der Waals surface area (Å²) in [6.45, 7) is 2.84. The van der Waals surface area contributed by atoms with E-state index in [2.05, 4.69) is 12.4 Å². The van der Waals surface area contributed by atoms with Crippen LogP contribution < -0.4 is 5.48 Å². The molecule has 0 aliphatic rings. The predicted molar refractivity (Wildman–Crippen MR) is 56.8 cm³/mol. The molecule has 0 aromatic rings. The topological polar surface area (TPSA) is 38.3 Å². The van der Waals surface area contributed by atoms with Crippen LogP contribution in [0.1, 0.15) is 46.9 Å². The van der Waals surface area contributed by atoms with Crippen molar-refractivity contribution in [3.05, 3.63) is 0 Å². The van der Waals surface area contributed by atoms with Crippen LogP contribution >= 0.6 is 0 Å². The van der Waals surface area contributed by atoms with Crippen molar-refractivity contribution in [1.82, 2.24) is 5.48 Å². The SMILES string of the molecule is CCCCCCCCONC=O.[H+].[KH]. The Kier molecular flexibility index (Phi) is 19.7. The number of hydrogen-bond acceptors (Lipinski definition) is 2. The van der Waals surface area contributed by atoms with Gasteiger partial charge in [0, 0.05) is 0 Å². The molecule has 0 aliphatic carbocycles. The predicted octanol–water partition coefficient (Wildman–Crippen LogP) is 1.49. The Hall–Kier alpha value is 1.07. The molecule has 0 radical (unpaired) electrons. The van der Waals surface area contributed by atoms with Gasteiger partial charge in [-0.1, -0.05) is 39.0 Å². The van der Waals surface area contributed by atoms with Crippen molar-refractivity contribution in [2.24, 2.45) is 0 Å². The van der Waals surface area contributed by atoms with Crippen LogP contribution in [0.2, 0.25) is 0 Å². The molecule has 0 saturated carbocycles. The summed E-state index contributed by atoms with van der Waals surface area (Å²) in [4.78, 5) is 14.5. The fourth-order valence-corrected chi connectivity index (χ4v) is 1.05. The Morgan fingerprint density at radius 2 is 1.85 bits per heavy atom. The molecule has 0 aliphatic heterocycles. The molecular formula is C9H21KNO2+. The van der Waals surface area contributed by atoms with Crippen LogP contribution in [0.5, 0.6) is 0 Å². The van der Waals surface area contributed by atoms with Gasteiger partial charge in [-0.25, -0.2) is 5.48 Å². The molecule has 4 heteroatoms. The Morgan fingerprint density at radius 1 is 1.23 bits per heavy atom. The first-order valence-corrected chi connectivity index (χ1v) is 4.72. The van der Waals surface area contributed by atoms with Gasteiger partial charge in [0.25, 0.3) is 0 Å². The summed E-state index contributed by atoms with van der Waals surface area (Å²) in [5.41, 5.74) is 2.17. The Labute approximate surface area is 125 Å². The van der Waals surface area contributed by atoms with Gasteiger partial charge in [-0.2, -0.15) is 0 Å². The molecule has 0 fully saturated rings.